The standard InChI is InChI=1S/C19H14F3NO3S/c1-25-11-7-9-12(10-8-11)27-16-13-5-3-4-6-14(13)23-18(26-2)15(16)17(24)19(20,21)22/h3-10H,1-2H3. The molecule has 0 unspecified atom stereocenters. The number of hydrogen-bond acceptors (Lipinski definition) is 5. The molecule has 2 aromatic carbocycles. The minimum absolute atomic E-state index is 0.143. The van der Waals surface area contributed by atoms with E-state index in [1.165, 1.54) is 14.2 Å². The van der Waals surface area contributed by atoms with E-state index in [1.807, 2.05) is 0 Å². The molecular weight excluding hydrogens is 379 g/mol. The molecule has 0 atom stereocenters. The summed E-state index contributed by atoms with van der Waals surface area (Å²) >= 11 is 1.04. The number of Topliss-reactive ketones (excluding diaryl/α,β-unsaturated/α-hetero) is 1. The monoisotopic (exact) mass is 393 g/mol. The number of rotatable bonds is 5. The van der Waals surface area contributed by atoms with Crippen molar-refractivity contribution < 1.29 is 27.4 Å². The fourth-order valence-electron chi connectivity index (χ4n) is 2.52. The van der Waals surface area contributed by atoms with Gasteiger partial charge in [0.2, 0.25) is 5.88 Å². The van der Waals surface area contributed by atoms with E-state index in [-0.39, 0.29) is 10.8 Å². The molecule has 1 heterocycles. The summed E-state index contributed by atoms with van der Waals surface area (Å²) in [6, 6.07) is 13.4. The Balaban J connectivity index is 2.24. The van der Waals surface area contributed by atoms with Gasteiger partial charge in [0.25, 0.3) is 5.78 Å². The maximum absolute atomic E-state index is 13.2. The van der Waals surface area contributed by atoms with Gasteiger partial charge in [-0.1, -0.05) is 30.0 Å². The van der Waals surface area contributed by atoms with Crippen LogP contribution < -0.4 is 9.47 Å². The summed E-state index contributed by atoms with van der Waals surface area (Å²) < 4.78 is 49.7. The van der Waals surface area contributed by atoms with Gasteiger partial charge in [-0.05, 0) is 30.3 Å². The number of aromatic nitrogens is 1. The number of carbonyl (C=O) groups is 1. The zero-order chi connectivity index (χ0) is 19.6. The van der Waals surface area contributed by atoms with Crippen LogP contribution in [0.2, 0.25) is 0 Å². The highest BCUT2D eigenvalue weighted by Crippen LogP contribution is 2.42. The highest BCUT2D eigenvalue weighted by molar-refractivity contribution is 7.99. The summed E-state index contributed by atoms with van der Waals surface area (Å²) in [6.07, 6.45) is -5.05. The molecule has 0 radical (unpaired) electrons. The molecule has 3 rings (SSSR count). The summed E-state index contributed by atoms with van der Waals surface area (Å²) in [6.45, 7) is 0. The van der Waals surface area contributed by atoms with Crippen molar-refractivity contribution in [1.29, 1.82) is 0 Å². The number of ketones is 1. The first-order chi connectivity index (χ1) is 12.8. The maximum Gasteiger partial charge on any atom is 0.455 e. The second kappa shape index (κ2) is 7.48. The lowest BCUT2D eigenvalue weighted by atomic mass is 10.1. The van der Waals surface area contributed by atoms with Crippen molar-refractivity contribution in [1.82, 2.24) is 4.98 Å². The van der Waals surface area contributed by atoms with Gasteiger partial charge in [-0.3, -0.25) is 4.79 Å². The highest BCUT2D eigenvalue weighted by atomic mass is 32.2. The van der Waals surface area contributed by atoms with Gasteiger partial charge in [-0.25, -0.2) is 4.98 Å². The third-order valence-electron chi connectivity index (χ3n) is 3.77. The van der Waals surface area contributed by atoms with Crippen LogP contribution in [0, 0.1) is 0 Å². The number of pyridine rings is 1. The number of benzene rings is 2. The van der Waals surface area contributed by atoms with Crippen LogP contribution in [0.25, 0.3) is 10.9 Å². The summed E-state index contributed by atoms with van der Waals surface area (Å²) in [5, 5.41) is 0.437. The van der Waals surface area contributed by atoms with Crippen molar-refractivity contribution in [3.8, 4) is 11.6 Å². The van der Waals surface area contributed by atoms with E-state index in [2.05, 4.69) is 4.98 Å². The second-order valence-corrected chi connectivity index (χ2v) is 6.53. The highest BCUT2D eigenvalue weighted by Gasteiger charge is 2.43. The average molecular weight is 393 g/mol. The molecule has 0 amide bonds. The normalized spacial score (nSPS) is 11.4. The molecule has 4 nitrogen and oxygen atoms in total. The lowest BCUT2D eigenvalue weighted by molar-refractivity contribution is -0.0888. The van der Waals surface area contributed by atoms with Crippen molar-refractivity contribution in [3.05, 3.63) is 54.1 Å². The molecule has 140 valence electrons. The van der Waals surface area contributed by atoms with E-state index in [9.17, 15) is 18.0 Å². The molecule has 0 spiro atoms. The number of halogens is 3. The Bertz CT molecular complexity index is 988. The maximum atomic E-state index is 13.2. The zero-order valence-corrected chi connectivity index (χ0v) is 15.1. The molecule has 0 aliphatic carbocycles. The second-order valence-electron chi connectivity index (χ2n) is 5.45. The predicted octanol–water partition coefficient (Wildman–Crippen LogP) is 5.15. The molecule has 0 saturated carbocycles. The van der Waals surface area contributed by atoms with Crippen LogP contribution >= 0.6 is 11.8 Å². The molecule has 0 fully saturated rings. The Hall–Kier alpha value is -2.74. The van der Waals surface area contributed by atoms with Gasteiger partial charge in [0.15, 0.2) is 0 Å². The lowest BCUT2D eigenvalue weighted by Gasteiger charge is -2.16. The Morgan fingerprint density at radius 1 is 1.00 bits per heavy atom. The Morgan fingerprint density at radius 2 is 1.67 bits per heavy atom. The van der Waals surface area contributed by atoms with Gasteiger partial charge in [0.05, 0.1) is 19.7 Å². The fraction of sp³-hybridized carbons (Fsp3) is 0.158. The van der Waals surface area contributed by atoms with E-state index < -0.39 is 17.5 Å². The number of para-hydroxylation sites is 1. The molecular formula is C19H14F3NO3S. The first-order valence-corrected chi connectivity index (χ1v) is 8.57. The van der Waals surface area contributed by atoms with E-state index in [0.717, 1.165) is 11.8 Å². The zero-order valence-electron chi connectivity index (χ0n) is 14.3. The van der Waals surface area contributed by atoms with Crippen molar-refractivity contribution >= 4 is 28.4 Å². The lowest BCUT2D eigenvalue weighted by Crippen LogP contribution is -2.24. The van der Waals surface area contributed by atoms with Crippen LogP contribution in [-0.2, 0) is 0 Å². The van der Waals surface area contributed by atoms with Crippen molar-refractivity contribution in [2.75, 3.05) is 14.2 Å². The summed E-state index contributed by atoms with van der Waals surface area (Å²) in [5.74, 6) is -1.73. The van der Waals surface area contributed by atoms with Gasteiger partial charge in [-0.2, -0.15) is 13.2 Å². The topological polar surface area (TPSA) is 48.4 Å². The number of methoxy groups -OCH3 is 2. The SMILES string of the molecule is COc1ccc(Sc2c(C(=O)C(F)(F)F)c(OC)nc3ccccc23)cc1. The van der Waals surface area contributed by atoms with Gasteiger partial charge in [0.1, 0.15) is 11.3 Å². The third-order valence-corrected chi connectivity index (χ3v) is 4.90. The van der Waals surface area contributed by atoms with E-state index >= 15 is 0 Å². The summed E-state index contributed by atoms with van der Waals surface area (Å²) in [7, 11) is 2.70. The van der Waals surface area contributed by atoms with Crippen molar-refractivity contribution in [2.45, 2.75) is 16.0 Å². The van der Waals surface area contributed by atoms with Crippen LogP contribution in [0.1, 0.15) is 10.4 Å². The third kappa shape index (κ3) is 3.85. The summed E-state index contributed by atoms with van der Waals surface area (Å²) in [5.41, 5.74) is -0.159. The molecule has 0 aliphatic rings. The molecule has 0 bridgehead atoms. The number of ether oxygens (including phenoxy) is 2. The Kier molecular flexibility index (Phi) is 5.27. The number of hydrogen-bond donors (Lipinski definition) is 0. The van der Waals surface area contributed by atoms with E-state index in [4.69, 9.17) is 9.47 Å². The average Bonchev–Trinajstić information content (AvgIpc) is 2.67. The first kappa shape index (κ1) is 19.0. The predicted molar refractivity (Wildman–Crippen MR) is 95.8 cm³/mol. The number of alkyl halides is 3. The van der Waals surface area contributed by atoms with Crippen molar-refractivity contribution in [3.63, 3.8) is 0 Å². The van der Waals surface area contributed by atoms with Gasteiger partial charge in [0, 0.05) is 15.2 Å². The summed E-state index contributed by atoms with van der Waals surface area (Å²) in [4.78, 5) is 17.0. The minimum atomic E-state index is -5.05. The smallest absolute Gasteiger partial charge is 0.455 e. The molecule has 8 heteroatoms. The molecule has 0 saturated heterocycles. The van der Waals surface area contributed by atoms with Gasteiger partial charge in [-0.15, -0.1) is 0 Å². The number of nitrogens with zero attached hydrogens (tertiary/aromatic N) is 1. The quantitative estimate of drug-likeness (QED) is 0.561. The minimum Gasteiger partial charge on any atom is -0.497 e. The van der Waals surface area contributed by atoms with Crippen molar-refractivity contribution in [2.24, 2.45) is 0 Å². The first-order valence-electron chi connectivity index (χ1n) is 7.75. The number of carbonyl (C=O) groups excluding carboxylic acids is 1. The van der Waals surface area contributed by atoms with Crippen LogP contribution in [0.5, 0.6) is 11.6 Å². The molecule has 27 heavy (non-hydrogen) atoms. The van der Waals surface area contributed by atoms with Crippen LogP contribution in [0.15, 0.2) is 58.3 Å². The molecule has 0 N–H and O–H groups in total. The van der Waals surface area contributed by atoms with Crippen LogP contribution in [-0.4, -0.2) is 31.2 Å². The van der Waals surface area contributed by atoms with E-state index in [0.29, 0.717) is 21.5 Å². The van der Waals surface area contributed by atoms with Gasteiger partial charge < -0.3 is 9.47 Å². The van der Waals surface area contributed by atoms with Gasteiger partial charge >= 0.3 is 6.18 Å². The molecule has 1 aromatic heterocycles. The van der Waals surface area contributed by atoms with Crippen LogP contribution in [0.3, 0.4) is 0 Å². The van der Waals surface area contributed by atoms with E-state index in [1.54, 1.807) is 48.5 Å². The number of fused-ring (bicyclic) bond motifs is 1. The Morgan fingerprint density at radius 3 is 2.26 bits per heavy atom. The largest absolute Gasteiger partial charge is 0.497 e. The molecule has 3 aromatic rings. The van der Waals surface area contributed by atoms with Crippen LogP contribution in [0.4, 0.5) is 13.2 Å². The Labute approximate surface area is 157 Å². The molecule has 0 aliphatic heterocycles. The fourth-order valence-corrected chi connectivity index (χ4v) is 3.59.